The van der Waals surface area contributed by atoms with Crippen LogP contribution in [-0.4, -0.2) is 44.5 Å². The number of ether oxygens (including phenoxy) is 4. The fraction of sp³-hybridized carbons (Fsp3) is 0.500. The summed E-state index contributed by atoms with van der Waals surface area (Å²) in [5.41, 5.74) is 4.28. The van der Waals surface area contributed by atoms with Gasteiger partial charge in [-0.3, -0.25) is 0 Å². The van der Waals surface area contributed by atoms with E-state index < -0.39 is 18.1 Å². The highest BCUT2D eigenvalue weighted by Crippen LogP contribution is 2.31. The summed E-state index contributed by atoms with van der Waals surface area (Å²) >= 11 is 0. The molecule has 0 saturated heterocycles. The molecule has 298 valence electrons. The Morgan fingerprint density at radius 1 is 0.345 bits per heavy atom. The van der Waals surface area contributed by atoms with Crippen molar-refractivity contribution in [1.82, 2.24) is 0 Å². The van der Waals surface area contributed by atoms with Gasteiger partial charge in [0.2, 0.25) is 0 Å². The number of benzene rings is 4. The number of rotatable bonds is 14. The zero-order chi connectivity index (χ0) is 40.9. The monoisotopic (exact) mass is 780 g/mol. The van der Waals surface area contributed by atoms with Crippen LogP contribution in [0, 0.1) is 0 Å². The molecule has 0 spiro atoms. The first-order chi connectivity index (χ1) is 25.6. The maximum atomic E-state index is 8.18. The first kappa shape index (κ1) is 44.2. The van der Waals surface area contributed by atoms with E-state index in [9.17, 15) is 0 Å². The molecule has 4 aromatic carbocycles. The fourth-order valence-corrected chi connectivity index (χ4v) is 13.9. The molecule has 55 heavy (non-hydrogen) atoms. The third-order valence-electron chi connectivity index (χ3n) is 9.62. The molecule has 0 bridgehead atoms. The van der Waals surface area contributed by atoms with Gasteiger partial charge in [-0.05, 0) is 141 Å². The molecular formula is C48H68O5Si2. The van der Waals surface area contributed by atoms with Crippen LogP contribution >= 0.6 is 0 Å². The molecule has 0 atom stereocenters. The van der Waals surface area contributed by atoms with E-state index in [-0.39, 0.29) is 21.7 Å². The van der Waals surface area contributed by atoms with Crippen LogP contribution in [0.15, 0.2) is 72.8 Å². The third-order valence-corrected chi connectivity index (χ3v) is 15.0. The van der Waals surface area contributed by atoms with Gasteiger partial charge >= 0.3 is 0 Å². The van der Waals surface area contributed by atoms with Crippen LogP contribution in [-0.2, 0) is 25.8 Å². The molecule has 0 saturated carbocycles. The number of hydrogen-bond acceptors (Lipinski definition) is 5. The predicted octanol–water partition coefficient (Wildman–Crippen LogP) is 9.40. The van der Waals surface area contributed by atoms with Gasteiger partial charge < -0.3 is 23.1 Å². The zero-order valence-electron chi connectivity index (χ0n) is 36.8. The average Bonchev–Trinajstić information content (AvgIpc) is 3.08. The summed E-state index contributed by atoms with van der Waals surface area (Å²) in [7, 11) is -3.94. The van der Waals surface area contributed by atoms with E-state index in [0.717, 1.165) is 23.0 Å². The Balaban J connectivity index is 2.20. The minimum Gasteiger partial charge on any atom is -0.494 e. The lowest BCUT2D eigenvalue weighted by Crippen LogP contribution is -2.60. The standard InChI is InChI=1S/C48H68O5Si2/c1-17-49-33-21-25-41(37(29-33)45(5,6)7)54(42-26-22-34(50-18-2)30-38(42)46(8,9)10)53-55(43-27-23-35(51-19-3)31-39(43)47(11,12)13)44-28-24-36(52-20-4)32-40(44)48(14,15)16/h21-32H,17-20H2,1-16H3. The van der Waals surface area contributed by atoms with Crippen molar-refractivity contribution >= 4 is 38.8 Å². The molecule has 4 aromatic rings. The molecule has 0 fully saturated rings. The quantitative estimate of drug-likeness (QED) is 0.119. The Morgan fingerprint density at radius 3 is 0.709 bits per heavy atom. The first-order valence-corrected chi connectivity index (χ1v) is 23.0. The van der Waals surface area contributed by atoms with Crippen molar-refractivity contribution in [3.8, 4) is 23.0 Å². The van der Waals surface area contributed by atoms with Crippen LogP contribution in [0.5, 0.6) is 23.0 Å². The van der Waals surface area contributed by atoms with Gasteiger partial charge in [-0.25, -0.2) is 0 Å². The zero-order valence-corrected chi connectivity index (χ0v) is 38.8. The maximum absolute atomic E-state index is 8.18. The van der Waals surface area contributed by atoms with Crippen LogP contribution in [0.2, 0.25) is 0 Å². The molecule has 0 N–H and O–H groups in total. The van der Waals surface area contributed by atoms with Gasteiger partial charge in [0, 0.05) is 0 Å². The second-order valence-electron chi connectivity index (χ2n) is 18.3. The van der Waals surface area contributed by atoms with Crippen molar-refractivity contribution in [2.24, 2.45) is 0 Å². The average molecular weight is 781 g/mol. The predicted molar refractivity (Wildman–Crippen MR) is 236 cm³/mol. The lowest BCUT2D eigenvalue weighted by atomic mass is 9.86. The van der Waals surface area contributed by atoms with Crippen LogP contribution in [0.3, 0.4) is 0 Å². The smallest absolute Gasteiger partial charge is 0.273 e. The number of hydrogen-bond donors (Lipinski definition) is 0. The van der Waals surface area contributed by atoms with E-state index in [4.69, 9.17) is 23.1 Å². The molecule has 0 aromatic heterocycles. The van der Waals surface area contributed by atoms with Crippen LogP contribution in [0.4, 0.5) is 0 Å². The maximum Gasteiger partial charge on any atom is 0.273 e. The Hall–Kier alpha value is -3.53. The van der Waals surface area contributed by atoms with Gasteiger partial charge in [-0.15, -0.1) is 0 Å². The van der Waals surface area contributed by atoms with Crippen molar-refractivity contribution in [1.29, 1.82) is 0 Å². The molecule has 7 heteroatoms. The summed E-state index contributed by atoms with van der Waals surface area (Å²) in [4.78, 5) is 0. The molecule has 0 aliphatic rings. The topological polar surface area (TPSA) is 46.2 Å². The molecule has 0 aliphatic heterocycles. The van der Waals surface area contributed by atoms with Crippen LogP contribution in [0.1, 0.15) is 133 Å². The van der Waals surface area contributed by atoms with Crippen LogP contribution < -0.4 is 39.7 Å². The molecule has 0 heterocycles. The summed E-state index contributed by atoms with van der Waals surface area (Å²) in [6.45, 7) is 38.2. The Bertz CT molecular complexity index is 1620. The highest BCUT2D eigenvalue weighted by Gasteiger charge is 2.39. The van der Waals surface area contributed by atoms with E-state index in [1.165, 1.54) is 43.0 Å². The second-order valence-corrected chi connectivity index (χ2v) is 22.6. The van der Waals surface area contributed by atoms with Crippen molar-refractivity contribution < 1.29 is 23.1 Å². The van der Waals surface area contributed by atoms with E-state index in [0.29, 0.717) is 26.4 Å². The van der Waals surface area contributed by atoms with Crippen molar-refractivity contribution in [3.63, 3.8) is 0 Å². The van der Waals surface area contributed by atoms with E-state index in [1.54, 1.807) is 0 Å². The van der Waals surface area contributed by atoms with Gasteiger partial charge in [0.1, 0.15) is 23.0 Å². The lowest BCUT2D eigenvalue weighted by Gasteiger charge is -2.35. The lowest BCUT2D eigenvalue weighted by molar-refractivity contribution is 0.339. The summed E-state index contributed by atoms with van der Waals surface area (Å²) in [5.74, 6) is 3.53. The molecule has 5 nitrogen and oxygen atoms in total. The van der Waals surface area contributed by atoms with E-state index in [2.05, 4.69) is 156 Å². The summed E-state index contributed by atoms with van der Waals surface area (Å²) in [5, 5.41) is 4.96. The Kier molecular flexibility index (Phi) is 14.2. The molecule has 0 amide bonds. The van der Waals surface area contributed by atoms with Crippen molar-refractivity contribution in [2.45, 2.75) is 132 Å². The Labute approximate surface area is 337 Å². The molecule has 4 rings (SSSR count). The molecule has 0 unspecified atom stereocenters. The van der Waals surface area contributed by atoms with Gasteiger partial charge in [-0.1, -0.05) is 107 Å². The minimum absolute atomic E-state index is 0.173. The largest absolute Gasteiger partial charge is 0.494 e. The van der Waals surface area contributed by atoms with Crippen LogP contribution in [0.25, 0.3) is 0 Å². The van der Waals surface area contributed by atoms with Gasteiger partial charge in [-0.2, -0.15) is 0 Å². The highest BCUT2D eigenvalue weighted by atomic mass is 28.4. The first-order valence-electron chi connectivity index (χ1n) is 20.2. The normalized spacial score (nSPS) is 12.7. The second kappa shape index (κ2) is 17.7. The summed E-state index contributed by atoms with van der Waals surface area (Å²) in [6, 6.07) is 26.7. The minimum atomic E-state index is -1.97. The summed E-state index contributed by atoms with van der Waals surface area (Å²) < 4.78 is 32.7. The fourth-order valence-electron chi connectivity index (χ4n) is 7.01. The van der Waals surface area contributed by atoms with E-state index >= 15 is 0 Å². The van der Waals surface area contributed by atoms with Gasteiger partial charge in [0.25, 0.3) is 18.1 Å². The van der Waals surface area contributed by atoms with Crippen molar-refractivity contribution in [2.75, 3.05) is 26.4 Å². The molecule has 2 radical (unpaired) electrons. The third kappa shape index (κ3) is 10.9. The highest BCUT2D eigenvalue weighted by molar-refractivity contribution is 6.92. The Morgan fingerprint density at radius 2 is 0.545 bits per heavy atom. The summed E-state index contributed by atoms with van der Waals surface area (Å²) in [6.07, 6.45) is 0. The molecular weight excluding hydrogens is 713 g/mol. The SMILES string of the molecule is CCOc1ccc([Si](O[Si](c2ccc(OCC)cc2C(C)(C)C)c2ccc(OCC)cc2C(C)(C)C)c2ccc(OCC)cc2C(C)(C)C)c(C(C)(C)C)c1. The van der Waals surface area contributed by atoms with Crippen molar-refractivity contribution in [3.05, 3.63) is 95.1 Å². The van der Waals surface area contributed by atoms with Gasteiger partial charge in [0.15, 0.2) is 0 Å². The molecule has 0 aliphatic carbocycles. The van der Waals surface area contributed by atoms with E-state index in [1.807, 2.05) is 27.7 Å². The van der Waals surface area contributed by atoms with Gasteiger partial charge in [0.05, 0.1) is 26.4 Å².